The molecule has 2 aromatic rings. The van der Waals surface area contributed by atoms with Gasteiger partial charge in [0.15, 0.2) is 5.65 Å². The van der Waals surface area contributed by atoms with Gasteiger partial charge in [0.2, 0.25) is 11.8 Å². The second kappa shape index (κ2) is 7.77. The highest BCUT2D eigenvalue weighted by atomic mass is 16.5. The van der Waals surface area contributed by atoms with Crippen LogP contribution in [0.1, 0.15) is 36.6 Å². The van der Waals surface area contributed by atoms with E-state index in [2.05, 4.69) is 10.1 Å². The molecule has 2 unspecified atom stereocenters. The quantitative estimate of drug-likeness (QED) is 0.842. The zero-order valence-electron chi connectivity index (χ0n) is 17.2. The molecule has 2 atom stereocenters. The number of carbonyl (C=O) groups excluding carboxylic acids is 1. The van der Waals surface area contributed by atoms with Gasteiger partial charge in [-0.25, -0.2) is 9.67 Å². The second-order valence-electron chi connectivity index (χ2n) is 7.81. The monoisotopic (exact) mass is 388 g/mol. The van der Waals surface area contributed by atoms with Crippen LogP contribution in [-0.2, 0) is 23.1 Å². The van der Waals surface area contributed by atoms with Gasteiger partial charge in [0.25, 0.3) is 0 Å². The molecular weight excluding hydrogens is 360 g/mol. The number of pyridine rings is 1. The van der Waals surface area contributed by atoms with Crippen molar-refractivity contribution >= 4 is 22.9 Å². The van der Waals surface area contributed by atoms with Gasteiger partial charge in [0.1, 0.15) is 0 Å². The van der Waals surface area contributed by atoms with Crippen molar-refractivity contribution in [2.24, 2.45) is 18.9 Å². The Balaban J connectivity index is 1.79. The van der Waals surface area contributed by atoms with E-state index in [0.29, 0.717) is 38.2 Å². The predicted octanol–water partition coefficient (Wildman–Crippen LogP) is 2.10. The molecule has 3 heterocycles. The molecule has 152 valence electrons. The Labute approximate surface area is 164 Å². The van der Waals surface area contributed by atoms with Crippen molar-refractivity contribution in [3.63, 3.8) is 0 Å². The standard InChI is InChI=1S/C20H28N4O4/c1-11-8-14(20(26)27)10-24(9-11)16(25)7-6-15-12(2)17-18(21-13(15)3)23(4)22-19(17)28-5/h11,14H,6-10H2,1-5H3,(H,26,27). The molecule has 1 aliphatic heterocycles. The summed E-state index contributed by atoms with van der Waals surface area (Å²) in [5, 5.41) is 14.5. The molecule has 0 aliphatic carbocycles. The van der Waals surface area contributed by atoms with E-state index in [-0.39, 0.29) is 11.8 Å². The van der Waals surface area contributed by atoms with Crippen molar-refractivity contribution in [1.82, 2.24) is 19.7 Å². The van der Waals surface area contributed by atoms with Crippen LogP contribution in [0, 0.1) is 25.7 Å². The zero-order chi connectivity index (χ0) is 20.6. The van der Waals surface area contributed by atoms with Crippen LogP contribution in [0.25, 0.3) is 11.0 Å². The number of likely N-dealkylation sites (tertiary alicyclic amines) is 1. The van der Waals surface area contributed by atoms with E-state index in [1.807, 2.05) is 27.8 Å². The summed E-state index contributed by atoms with van der Waals surface area (Å²) in [6.07, 6.45) is 1.51. The molecule has 0 saturated carbocycles. The SMILES string of the molecule is COc1nn(C)c2nc(C)c(CCC(=O)N3CC(C)CC(C(=O)O)C3)c(C)c12. The summed E-state index contributed by atoms with van der Waals surface area (Å²) in [5.74, 6) is -0.581. The highest BCUT2D eigenvalue weighted by Gasteiger charge is 2.31. The zero-order valence-corrected chi connectivity index (χ0v) is 17.2. The summed E-state index contributed by atoms with van der Waals surface area (Å²) in [6, 6.07) is 0. The first-order chi connectivity index (χ1) is 13.2. The van der Waals surface area contributed by atoms with E-state index >= 15 is 0 Å². The molecule has 1 amide bonds. The van der Waals surface area contributed by atoms with E-state index in [9.17, 15) is 14.7 Å². The molecule has 0 bridgehead atoms. The van der Waals surface area contributed by atoms with E-state index < -0.39 is 11.9 Å². The lowest BCUT2D eigenvalue weighted by atomic mass is 9.90. The number of ether oxygens (including phenoxy) is 1. The van der Waals surface area contributed by atoms with E-state index in [1.165, 1.54) is 0 Å². The molecular formula is C20H28N4O4. The van der Waals surface area contributed by atoms with Crippen molar-refractivity contribution in [2.75, 3.05) is 20.2 Å². The number of carboxylic acid groups (broad SMARTS) is 1. The minimum atomic E-state index is -0.825. The van der Waals surface area contributed by atoms with Crippen LogP contribution in [0.2, 0.25) is 0 Å². The van der Waals surface area contributed by atoms with E-state index in [1.54, 1.807) is 16.7 Å². The molecule has 28 heavy (non-hydrogen) atoms. The number of aliphatic carboxylic acids is 1. The van der Waals surface area contributed by atoms with Crippen LogP contribution >= 0.6 is 0 Å². The first kappa shape index (κ1) is 20.1. The Morgan fingerprint density at radius 1 is 1.29 bits per heavy atom. The molecule has 0 spiro atoms. The maximum absolute atomic E-state index is 12.8. The molecule has 0 aromatic carbocycles. The lowest BCUT2D eigenvalue weighted by Gasteiger charge is -2.34. The van der Waals surface area contributed by atoms with Crippen LogP contribution in [-0.4, -0.2) is 56.8 Å². The van der Waals surface area contributed by atoms with Gasteiger partial charge < -0.3 is 14.7 Å². The highest BCUT2D eigenvalue weighted by molar-refractivity contribution is 5.86. The minimum absolute atomic E-state index is 0.00477. The number of amides is 1. The summed E-state index contributed by atoms with van der Waals surface area (Å²) in [6.45, 7) is 6.86. The summed E-state index contributed by atoms with van der Waals surface area (Å²) < 4.78 is 7.09. The van der Waals surface area contributed by atoms with Crippen molar-refractivity contribution in [1.29, 1.82) is 0 Å². The van der Waals surface area contributed by atoms with Gasteiger partial charge >= 0.3 is 5.97 Å². The molecule has 1 aliphatic rings. The maximum atomic E-state index is 12.8. The number of aromatic nitrogens is 3. The van der Waals surface area contributed by atoms with Gasteiger partial charge in [0.05, 0.1) is 18.4 Å². The largest absolute Gasteiger partial charge is 0.481 e. The van der Waals surface area contributed by atoms with Gasteiger partial charge in [-0.05, 0) is 43.7 Å². The molecule has 3 rings (SSSR count). The molecule has 8 heteroatoms. The van der Waals surface area contributed by atoms with Crippen LogP contribution in [0.3, 0.4) is 0 Å². The number of hydrogen-bond donors (Lipinski definition) is 1. The Morgan fingerprint density at radius 3 is 2.64 bits per heavy atom. The lowest BCUT2D eigenvalue weighted by molar-refractivity contribution is -0.146. The fraction of sp³-hybridized carbons (Fsp3) is 0.600. The molecule has 1 N–H and O–H groups in total. The first-order valence-corrected chi connectivity index (χ1v) is 9.60. The van der Waals surface area contributed by atoms with E-state index in [0.717, 1.165) is 27.9 Å². The van der Waals surface area contributed by atoms with Crippen molar-refractivity contribution in [3.8, 4) is 5.88 Å². The Bertz CT molecular complexity index is 921. The Hall–Kier alpha value is -2.64. The summed E-state index contributed by atoms with van der Waals surface area (Å²) in [7, 11) is 3.41. The summed E-state index contributed by atoms with van der Waals surface area (Å²) in [4.78, 5) is 30.5. The lowest BCUT2D eigenvalue weighted by Crippen LogP contribution is -2.45. The number of methoxy groups -OCH3 is 1. The minimum Gasteiger partial charge on any atom is -0.481 e. The average Bonchev–Trinajstić information content (AvgIpc) is 2.96. The topological polar surface area (TPSA) is 97.5 Å². The summed E-state index contributed by atoms with van der Waals surface area (Å²) >= 11 is 0. The maximum Gasteiger partial charge on any atom is 0.308 e. The van der Waals surface area contributed by atoms with Crippen molar-refractivity contribution in [3.05, 3.63) is 16.8 Å². The number of fused-ring (bicyclic) bond motifs is 1. The van der Waals surface area contributed by atoms with Crippen LogP contribution in [0.5, 0.6) is 5.88 Å². The van der Waals surface area contributed by atoms with Gasteiger partial charge in [0, 0.05) is 32.3 Å². The fourth-order valence-electron chi connectivity index (χ4n) is 4.23. The number of hydrogen-bond acceptors (Lipinski definition) is 5. The second-order valence-corrected chi connectivity index (χ2v) is 7.81. The number of aryl methyl sites for hydroxylation is 3. The Kier molecular flexibility index (Phi) is 5.58. The average molecular weight is 388 g/mol. The number of piperidine rings is 1. The van der Waals surface area contributed by atoms with Gasteiger partial charge in [-0.2, -0.15) is 0 Å². The number of carbonyl (C=O) groups is 2. The van der Waals surface area contributed by atoms with Gasteiger partial charge in [-0.1, -0.05) is 6.92 Å². The number of nitrogens with zero attached hydrogens (tertiary/aromatic N) is 4. The van der Waals surface area contributed by atoms with Crippen molar-refractivity contribution in [2.45, 2.75) is 40.0 Å². The number of rotatable bonds is 5. The van der Waals surface area contributed by atoms with Crippen molar-refractivity contribution < 1.29 is 19.4 Å². The fourth-order valence-corrected chi connectivity index (χ4v) is 4.23. The smallest absolute Gasteiger partial charge is 0.308 e. The molecule has 0 radical (unpaired) electrons. The number of carboxylic acids is 1. The van der Waals surface area contributed by atoms with Gasteiger partial charge in [-0.15, -0.1) is 5.10 Å². The first-order valence-electron chi connectivity index (χ1n) is 9.60. The third kappa shape index (κ3) is 3.68. The van der Waals surface area contributed by atoms with Gasteiger partial charge in [-0.3, -0.25) is 9.59 Å². The Morgan fingerprint density at radius 2 is 2.00 bits per heavy atom. The van der Waals surface area contributed by atoms with Crippen LogP contribution in [0.4, 0.5) is 0 Å². The highest BCUT2D eigenvalue weighted by Crippen LogP contribution is 2.31. The normalized spacial score (nSPS) is 19.8. The van der Waals surface area contributed by atoms with Crippen LogP contribution in [0.15, 0.2) is 0 Å². The van der Waals surface area contributed by atoms with Crippen LogP contribution < -0.4 is 4.74 Å². The third-order valence-corrected chi connectivity index (χ3v) is 5.67. The molecule has 1 saturated heterocycles. The predicted molar refractivity (Wildman–Crippen MR) is 104 cm³/mol. The molecule has 2 aromatic heterocycles. The third-order valence-electron chi connectivity index (χ3n) is 5.67. The molecule has 8 nitrogen and oxygen atoms in total. The molecule has 1 fully saturated rings. The summed E-state index contributed by atoms with van der Waals surface area (Å²) in [5.41, 5.74) is 3.68. The van der Waals surface area contributed by atoms with E-state index in [4.69, 9.17) is 4.74 Å².